The Balaban J connectivity index is 2.23. The highest BCUT2D eigenvalue weighted by atomic mass is 35.5. The number of furan rings is 1. The van der Waals surface area contributed by atoms with Crippen molar-refractivity contribution in [2.45, 2.75) is 13.5 Å². The van der Waals surface area contributed by atoms with Crippen LogP contribution in [0.2, 0.25) is 5.02 Å². The fourth-order valence-electron chi connectivity index (χ4n) is 1.77. The minimum Gasteiger partial charge on any atom is -0.507 e. The first-order valence-electron chi connectivity index (χ1n) is 5.92. The Bertz CT molecular complexity index is 566. The van der Waals surface area contributed by atoms with Gasteiger partial charge in [-0.15, -0.1) is 0 Å². The average molecular weight is 280 g/mol. The number of hydrogen-bond donors (Lipinski definition) is 1. The van der Waals surface area contributed by atoms with Crippen LogP contribution in [0.4, 0.5) is 0 Å². The third-order valence-corrected chi connectivity index (χ3v) is 3.02. The van der Waals surface area contributed by atoms with E-state index in [0.29, 0.717) is 23.9 Å². The summed E-state index contributed by atoms with van der Waals surface area (Å²) >= 11 is 5.85. The quantitative estimate of drug-likeness (QED) is 0.934. The predicted molar refractivity (Wildman–Crippen MR) is 72.2 cm³/mol. The minimum atomic E-state index is -0.279. The van der Waals surface area contributed by atoms with E-state index in [1.165, 1.54) is 18.2 Å². The van der Waals surface area contributed by atoms with Crippen molar-refractivity contribution in [2.24, 2.45) is 0 Å². The maximum absolute atomic E-state index is 12.3. The highest BCUT2D eigenvalue weighted by Gasteiger charge is 2.19. The number of rotatable bonds is 4. The van der Waals surface area contributed by atoms with Gasteiger partial charge in [-0.3, -0.25) is 4.79 Å². The number of halogens is 1. The summed E-state index contributed by atoms with van der Waals surface area (Å²) in [7, 11) is 0. The molecule has 19 heavy (non-hydrogen) atoms. The molecule has 100 valence electrons. The summed E-state index contributed by atoms with van der Waals surface area (Å²) in [4.78, 5) is 13.9. The molecule has 2 aromatic rings. The number of carbonyl (C=O) groups is 1. The van der Waals surface area contributed by atoms with Crippen LogP contribution < -0.4 is 0 Å². The number of aromatic hydroxyl groups is 1. The van der Waals surface area contributed by atoms with Crippen LogP contribution in [0.25, 0.3) is 0 Å². The highest BCUT2D eigenvalue weighted by Crippen LogP contribution is 2.23. The van der Waals surface area contributed by atoms with Crippen molar-refractivity contribution in [3.05, 3.63) is 52.9 Å². The first kappa shape index (κ1) is 13.5. The van der Waals surface area contributed by atoms with E-state index in [0.717, 1.165) is 0 Å². The lowest BCUT2D eigenvalue weighted by Gasteiger charge is -2.20. The SMILES string of the molecule is CCN(Cc1ccco1)C(=O)c1cc(Cl)ccc1O. The molecule has 0 unspecified atom stereocenters. The summed E-state index contributed by atoms with van der Waals surface area (Å²) in [6.07, 6.45) is 1.56. The van der Waals surface area contributed by atoms with Crippen LogP contribution in [0.3, 0.4) is 0 Å². The Labute approximate surface area is 116 Å². The molecule has 0 saturated heterocycles. The third kappa shape index (κ3) is 3.09. The van der Waals surface area contributed by atoms with Gasteiger partial charge in [-0.2, -0.15) is 0 Å². The van der Waals surface area contributed by atoms with E-state index >= 15 is 0 Å². The zero-order chi connectivity index (χ0) is 13.8. The standard InChI is InChI=1S/C14H14ClNO3/c1-2-16(9-11-4-3-7-19-11)14(18)12-8-10(15)5-6-13(12)17/h3-8,17H,2,9H2,1H3. The van der Waals surface area contributed by atoms with Gasteiger partial charge in [0.1, 0.15) is 11.5 Å². The van der Waals surface area contributed by atoms with Gasteiger partial charge in [0.05, 0.1) is 18.4 Å². The van der Waals surface area contributed by atoms with Crippen LogP contribution in [0.1, 0.15) is 23.0 Å². The molecule has 1 N–H and O–H groups in total. The Morgan fingerprint density at radius 2 is 2.21 bits per heavy atom. The molecule has 0 aliphatic heterocycles. The van der Waals surface area contributed by atoms with Gasteiger partial charge in [-0.25, -0.2) is 0 Å². The second-order valence-electron chi connectivity index (χ2n) is 4.06. The summed E-state index contributed by atoms with van der Waals surface area (Å²) in [5, 5.41) is 10.2. The van der Waals surface area contributed by atoms with Crippen LogP contribution in [-0.4, -0.2) is 22.5 Å². The van der Waals surface area contributed by atoms with E-state index in [1.807, 2.05) is 6.92 Å². The second-order valence-corrected chi connectivity index (χ2v) is 4.50. The van der Waals surface area contributed by atoms with Gasteiger partial charge < -0.3 is 14.4 Å². The lowest BCUT2D eigenvalue weighted by Crippen LogP contribution is -2.30. The van der Waals surface area contributed by atoms with E-state index in [9.17, 15) is 9.90 Å². The van der Waals surface area contributed by atoms with E-state index in [2.05, 4.69) is 0 Å². The van der Waals surface area contributed by atoms with Gasteiger partial charge in [0.2, 0.25) is 0 Å². The summed E-state index contributed by atoms with van der Waals surface area (Å²) < 4.78 is 5.22. The van der Waals surface area contributed by atoms with Gasteiger partial charge in [-0.1, -0.05) is 11.6 Å². The number of phenolic OH excluding ortho intramolecular Hbond substituents is 1. The summed E-state index contributed by atoms with van der Waals surface area (Å²) in [5.74, 6) is 0.336. The minimum absolute atomic E-state index is 0.0766. The predicted octanol–water partition coefficient (Wildman–Crippen LogP) is 3.30. The molecule has 5 heteroatoms. The smallest absolute Gasteiger partial charge is 0.258 e. The number of benzene rings is 1. The Morgan fingerprint density at radius 1 is 1.42 bits per heavy atom. The highest BCUT2D eigenvalue weighted by molar-refractivity contribution is 6.31. The van der Waals surface area contributed by atoms with Crippen LogP contribution in [-0.2, 0) is 6.54 Å². The van der Waals surface area contributed by atoms with Crippen molar-refractivity contribution < 1.29 is 14.3 Å². The third-order valence-electron chi connectivity index (χ3n) is 2.78. The molecule has 1 aromatic heterocycles. The molecule has 1 aromatic carbocycles. The number of phenols is 1. The van der Waals surface area contributed by atoms with Gasteiger partial charge in [0.25, 0.3) is 5.91 Å². The monoisotopic (exact) mass is 279 g/mol. The normalized spacial score (nSPS) is 10.4. The second kappa shape index (κ2) is 5.80. The summed E-state index contributed by atoms with van der Waals surface area (Å²) in [6, 6.07) is 7.98. The van der Waals surface area contributed by atoms with E-state index in [1.54, 1.807) is 23.3 Å². The Hall–Kier alpha value is -1.94. The van der Waals surface area contributed by atoms with E-state index < -0.39 is 0 Å². The Kier molecular flexibility index (Phi) is 4.12. The van der Waals surface area contributed by atoms with Crippen LogP contribution in [0.5, 0.6) is 5.75 Å². The Morgan fingerprint density at radius 3 is 2.84 bits per heavy atom. The van der Waals surface area contributed by atoms with Crippen LogP contribution in [0, 0.1) is 0 Å². The van der Waals surface area contributed by atoms with Crippen molar-refractivity contribution in [1.29, 1.82) is 0 Å². The van der Waals surface area contributed by atoms with Crippen molar-refractivity contribution in [2.75, 3.05) is 6.54 Å². The van der Waals surface area contributed by atoms with Crippen LogP contribution in [0.15, 0.2) is 41.0 Å². The number of carbonyl (C=O) groups excluding carboxylic acids is 1. The number of amides is 1. The molecule has 1 amide bonds. The lowest BCUT2D eigenvalue weighted by atomic mass is 10.1. The average Bonchev–Trinajstić information content (AvgIpc) is 2.91. The first-order valence-corrected chi connectivity index (χ1v) is 6.29. The largest absolute Gasteiger partial charge is 0.507 e. The molecular weight excluding hydrogens is 266 g/mol. The molecular formula is C14H14ClNO3. The fourth-order valence-corrected chi connectivity index (χ4v) is 1.94. The zero-order valence-electron chi connectivity index (χ0n) is 10.5. The molecule has 0 atom stereocenters. The van der Waals surface area contributed by atoms with Crippen molar-refractivity contribution >= 4 is 17.5 Å². The topological polar surface area (TPSA) is 53.7 Å². The molecule has 2 rings (SSSR count). The first-order chi connectivity index (χ1) is 9.11. The van der Waals surface area contributed by atoms with Gasteiger partial charge >= 0.3 is 0 Å². The number of hydrogen-bond acceptors (Lipinski definition) is 3. The molecule has 0 aliphatic carbocycles. The van der Waals surface area contributed by atoms with E-state index in [4.69, 9.17) is 16.0 Å². The van der Waals surface area contributed by atoms with E-state index in [-0.39, 0.29) is 17.2 Å². The summed E-state index contributed by atoms with van der Waals surface area (Å²) in [5.41, 5.74) is 0.195. The maximum atomic E-state index is 12.3. The molecule has 0 radical (unpaired) electrons. The summed E-state index contributed by atoms with van der Waals surface area (Å²) in [6.45, 7) is 2.72. The maximum Gasteiger partial charge on any atom is 0.258 e. The van der Waals surface area contributed by atoms with Crippen molar-refractivity contribution in [1.82, 2.24) is 4.90 Å². The fraction of sp³-hybridized carbons (Fsp3) is 0.214. The molecule has 4 nitrogen and oxygen atoms in total. The van der Waals surface area contributed by atoms with Crippen molar-refractivity contribution in [3.8, 4) is 5.75 Å². The molecule has 0 aliphatic rings. The van der Waals surface area contributed by atoms with Crippen LogP contribution >= 0.6 is 11.6 Å². The van der Waals surface area contributed by atoms with Gasteiger partial charge in [0.15, 0.2) is 0 Å². The zero-order valence-corrected chi connectivity index (χ0v) is 11.2. The molecule has 0 fully saturated rings. The van der Waals surface area contributed by atoms with Gasteiger partial charge in [-0.05, 0) is 37.3 Å². The molecule has 1 heterocycles. The molecule has 0 saturated carbocycles. The van der Waals surface area contributed by atoms with Crippen molar-refractivity contribution in [3.63, 3.8) is 0 Å². The molecule has 0 spiro atoms. The molecule has 0 bridgehead atoms. The number of nitrogens with zero attached hydrogens (tertiary/aromatic N) is 1. The lowest BCUT2D eigenvalue weighted by molar-refractivity contribution is 0.0738. The van der Waals surface area contributed by atoms with Gasteiger partial charge in [0, 0.05) is 11.6 Å².